The minimum atomic E-state index is -4.46. The number of nitrogens with zero attached hydrogens (tertiary/aromatic N) is 3. The first kappa shape index (κ1) is 20.4. The Morgan fingerprint density at radius 2 is 1.91 bits per heavy atom. The highest BCUT2D eigenvalue weighted by atomic mass is 32.2. The molecule has 0 radical (unpaired) electrons. The van der Waals surface area contributed by atoms with Crippen molar-refractivity contribution in [2.75, 3.05) is 6.26 Å². The Morgan fingerprint density at radius 3 is 2.69 bits per heavy atom. The molecule has 5 rings (SSSR count). The van der Waals surface area contributed by atoms with Gasteiger partial charge in [-0.3, -0.25) is 10.1 Å². The normalized spacial score (nSPS) is 17.8. The molecule has 2 aromatic carbocycles. The summed E-state index contributed by atoms with van der Waals surface area (Å²) in [6, 6.07) is 15.3. The van der Waals surface area contributed by atoms with Gasteiger partial charge in [-0.15, -0.1) is 5.10 Å². The Balaban J connectivity index is 1.61. The molecule has 2 aliphatic heterocycles. The number of alkyl halides is 3. The Labute approximate surface area is 184 Å². The third-order valence-electron chi connectivity index (χ3n) is 5.06. The van der Waals surface area contributed by atoms with Crippen LogP contribution >= 0.6 is 11.8 Å². The van der Waals surface area contributed by atoms with Crippen LogP contribution in [0, 0.1) is 0 Å². The van der Waals surface area contributed by atoms with Crippen molar-refractivity contribution in [1.29, 1.82) is 0 Å². The fourth-order valence-electron chi connectivity index (χ4n) is 3.60. The van der Waals surface area contributed by atoms with E-state index >= 15 is 0 Å². The zero-order valence-electron chi connectivity index (χ0n) is 16.6. The van der Waals surface area contributed by atoms with Gasteiger partial charge in [0.05, 0.1) is 10.9 Å². The molecule has 10 heteroatoms. The Morgan fingerprint density at radius 1 is 1.09 bits per heavy atom. The number of hydrazone groups is 1. The average molecular weight is 456 g/mol. The number of hydrogen-bond donors (Lipinski definition) is 1. The smallest absolute Gasteiger partial charge is 0.416 e. The van der Waals surface area contributed by atoms with E-state index in [1.807, 2.05) is 6.07 Å². The highest BCUT2D eigenvalue weighted by Gasteiger charge is 2.36. The van der Waals surface area contributed by atoms with Gasteiger partial charge in [-0.05, 0) is 36.6 Å². The number of thioether (sulfide) groups is 1. The van der Waals surface area contributed by atoms with Gasteiger partial charge in [-0.1, -0.05) is 42.1 Å². The quantitative estimate of drug-likeness (QED) is 0.641. The summed E-state index contributed by atoms with van der Waals surface area (Å²) in [6.07, 6.45) is -3.46. The first-order valence-corrected chi connectivity index (χ1v) is 10.8. The maximum atomic E-state index is 13.1. The number of amides is 1. The number of benzene rings is 2. The standard InChI is InChI=1S/C22H15F3N4O2S/c1-32-21-27-20(30)18-14-7-2-3-8-15(14)26-19(29(18)28-21)17-10-9-16(31-17)12-5-4-6-13(11-12)22(23,24)25/h2-11,19H,1H3,(H,27,28,30)/t19-/m1/s1. The lowest BCUT2D eigenvalue weighted by molar-refractivity contribution is -0.137. The molecule has 6 nitrogen and oxygen atoms in total. The fourth-order valence-corrected chi connectivity index (χ4v) is 3.96. The number of carbonyl (C=O) groups excluding carboxylic acids is 1. The van der Waals surface area contributed by atoms with Crippen LogP contribution in [0.5, 0.6) is 0 Å². The van der Waals surface area contributed by atoms with E-state index < -0.39 is 17.9 Å². The van der Waals surface area contributed by atoms with Crippen molar-refractivity contribution in [3.8, 4) is 11.3 Å². The third-order valence-corrected chi connectivity index (χ3v) is 5.63. The number of nitrogens with one attached hydrogen (secondary N) is 1. The summed E-state index contributed by atoms with van der Waals surface area (Å²) in [5.74, 6) is 0.293. The number of carbonyl (C=O) groups is 1. The molecular weight excluding hydrogens is 441 g/mol. The summed E-state index contributed by atoms with van der Waals surface area (Å²) in [6.45, 7) is 0. The molecule has 0 spiro atoms. The monoisotopic (exact) mass is 456 g/mol. The lowest BCUT2D eigenvalue weighted by Gasteiger charge is -2.32. The van der Waals surface area contributed by atoms with Gasteiger partial charge in [0.2, 0.25) is 6.17 Å². The van der Waals surface area contributed by atoms with E-state index in [0.717, 1.165) is 12.1 Å². The molecule has 0 fully saturated rings. The van der Waals surface area contributed by atoms with Crippen LogP contribution in [0.3, 0.4) is 0 Å². The minimum Gasteiger partial charge on any atom is -0.457 e. The van der Waals surface area contributed by atoms with Gasteiger partial charge < -0.3 is 4.42 Å². The van der Waals surface area contributed by atoms with E-state index in [1.54, 1.807) is 42.7 Å². The number of hydrogen-bond acceptors (Lipinski definition) is 6. The van der Waals surface area contributed by atoms with Gasteiger partial charge in [0.15, 0.2) is 10.9 Å². The molecule has 0 saturated carbocycles. The van der Waals surface area contributed by atoms with Crippen molar-refractivity contribution in [2.45, 2.75) is 12.3 Å². The highest BCUT2D eigenvalue weighted by Crippen LogP contribution is 2.36. The van der Waals surface area contributed by atoms with Crippen LogP contribution in [-0.2, 0) is 11.0 Å². The summed E-state index contributed by atoms with van der Waals surface area (Å²) >= 11 is 1.27. The molecule has 2 aliphatic rings. The summed E-state index contributed by atoms with van der Waals surface area (Å²) in [4.78, 5) is 17.5. The molecule has 0 aliphatic carbocycles. The van der Waals surface area contributed by atoms with Gasteiger partial charge >= 0.3 is 6.18 Å². The lowest BCUT2D eigenvalue weighted by Crippen LogP contribution is -2.50. The summed E-state index contributed by atoms with van der Waals surface area (Å²) in [5.41, 5.74) is -0.145. The largest absolute Gasteiger partial charge is 0.457 e. The molecule has 3 aromatic rings. The van der Waals surface area contributed by atoms with Crippen LogP contribution in [0.15, 0.2) is 75.2 Å². The van der Waals surface area contributed by atoms with Crippen molar-refractivity contribution in [3.05, 3.63) is 82.6 Å². The van der Waals surface area contributed by atoms with Crippen molar-refractivity contribution < 1.29 is 22.4 Å². The lowest BCUT2D eigenvalue weighted by atomic mass is 10.1. The molecule has 0 bridgehead atoms. The number of rotatable bonds is 2. The number of furan rings is 1. The second-order valence-corrected chi connectivity index (χ2v) is 7.85. The SMILES string of the molecule is CSC1=NN2C(=c3ccccc3=N[C@H]2c2ccc(-c3cccc(C(F)(F)F)c3)o2)C(=O)N1. The predicted molar refractivity (Wildman–Crippen MR) is 113 cm³/mol. The van der Waals surface area contributed by atoms with Gasteiger partial charge in [-0.25, -0.2) is 10.0 Å². The maximum Gasteiger partial charge on any atom is 0.416 e. The van der Waals surface area contributed by atoms with Crippen LogP contribution in [0.25, 0.3) is 17.0 Å². The molecule has 1 atom stereocenters. The molecule has 162 valence electrons. The minimum absolute atomic E-state index is 0.261. The van der Waals surface area contributed by atoms with Crippen LogP contribution in [0.4, 0.5) is 13.2 Å². The third kappa shape index (κ3) is 3.46. The van der Waals surface area contributed by atoms with E-state index in [-0.39, 0.29) is 17.2 Å². The molecule has 1 aromatic heterocycles. The van der Waals surface area contributed by atoms with E-state index in [0.29, 0.717) is 27.2 Å². The van der Waals surface area contributed by atoms with E-state index in [2.05, 4.69) is 10.4 Å². The number of fused-ring (bicyclic) bond motifs is 2. The number of amidine groups is 1. The molecule has 0 unspecified atom stereocenters. The average Bonchev–Trinajstić information content (AvgIpc) is 3.28. The van der Waals surface area contributed by atoms with Crippen molar-refractivity contribution in [1.82, 2.24) is 10.3 Å². The molecule has 1 N–H and O–H groups in total. The van der Waals surface area contributed by atoms with E-state index in [1.165, 1.54) is 22.8 Å². The second-order valence-electron chi connectivity index (χ2n) is 7.06. The summed E-state index contributed by atoms with van der Waals surface area (Å²) in [7, 11) is 0. The van der Waals surface area contributed by atoms with Gasteiger partial charge in [0.25, 0.3) is 5.91 Å². The Bertz CT molecular complexity index is 1380. The molecule has 1 amide bonds. The number of halogens is 3. The van der Waals surface area contributed by atoms with Crippen molar-refractivity contribution >= 4 is 28.5 Å². The van der Waals surface area contributed by atoms with Crippen LogP contribution in [0.2, 0.25) is 0 Å². The van der Waals surface area contributed by atoms with Crippen LogP contribution in [-0.4, -0.2) is 22.3 Å². The molecule has 3 heterocycles. The van der Waals surface area contributed by atoms with Crippen LogP contribution < -0.4 is 15.9 Å². The van der Waals surface area contributed by atoms with Gasteiger partial charge in [0, 0.05) is 10.8 Å². The maximum absolute atomic E-state index is 13.1. The Kier molecular flexibility index (Phi) is 4.81. The van der Waals surface area contributed by atoms with Crippen molar-refractivity contribution in [3.63, 3.8) is 0 Å². The topological polar surface area (TPSA) is 70.2 Å². The van der Waals surface area contributed by atoms with Gasteiger partial charge in [-0.2, -0.15) is 13.2 Å². The zero-order chi connectivity index (χ0) is 22.5. The van der Waals surface area contributed by atoms with Crippen LogP contribution in [0.1, 0.15) is 17.5 Å². The first-order valence-electron chi connectivity index (χ1n) is 9.53. The zero-order valence-corrected chi connectivity index (χ0v) is 17.4. The molecular formula is C22H15F3N4O2S. The second kappa shape index (κ2) is 7.56. The Hall–Kier alpha value is -3.53. The van der Waals surface area contributed by atoms with Gasteiger partial charge in [0.1, 0.15) is 11.5 Å². The van der Waals surface area contributed by atoms with E-state index in [9.17, 15) is 18.0 Å². The van der Waals surface area contributed by atoms with Crippen molar-refractivity contribution in [2.24, 2.45) is 10.1 Å². The number of para-hydroxylation sites is 1. The highest BCUT2D eigenvalue weighted by molar-refractivity contribution is 8.13. The molecule has 32 heavy (non-hydrogen) atoms. The fraction of sp³-hybridized carbons (Fsp3) is 0.136. The molecule has 0 saturated heterocycles. The predicted octanol–water partition coefficient (Wildman–Crippen LogP) is 3.47. The first-order chi connectivity index (χ1) is 15.3. The summed E-state index contributed by atoms with van der Waals surface area (Å²) < 4.78 is 45.2. The summed E-state index contributed by atoms with van der Waals surface area (Å²) in [5, 5.41) is 10.4. The van der Waals surface area contributed by atoms with E-state index in [4.69, 9.17) is 9.41 Å².